The SMILES string of the molecule is CCNC(=O)NC(=O)C(C)Oc1ccc(F)cc1C. The number of aryl methyl sites for hydroxylation is 1. The Hall–Kier alpha value is -2.11. The molecule has 1 rings (SSSR count). The second kappa shape index (κ2) is 6.72. The number of rotatable bonds is 4. The van der Waals surface area contributed by atoms with E-state index in [1.807, 2.05) is 0 Å². The fraction of sp³-hybridized carbons (Fsp3) is 0.385. The predicted molar refractivity (Wildman–Crippen MR) is 68.4 cm³/mol. The molecule has 0 aliphatic carbocycles. The Kier molecular flexibility index (Phi) is 5.29. The molecule has 0 spiro atoms. The second-order valence-corrected chi connectivity index (χ2v) is 4.02. The topological polar surface area (TPSA) is 67.4 Å². The van der Waals surface area contributed by atoms with E-state index in [2.05, 4.69) is 10.6 Å². The fourth-order valence-corrected chi connectivity index (χ4v) is 1.41. The number of ether oxygens (including phenoxy) is 1. The number of halogens is 1. The molecule has 3 amide bonds. The summed E-state index contributed by atoms with van der Waals surface area (Å²) in [6.45, 7) is 5.35. The van der Waals surface area contributed by atoms with Gasteiger partial charge in [-0.3, -0.25) is 10.1 Å². The van der Waals surface area contributed by atoms with E-state index in [1.54, 1.807) is 13.8 Å². The summed E-state index contributed by atoms with van der Waals surface area (Å²) in [5.74, 6) is -0.529. The van der Waals surface area contributed by atoms with Crippen LogP contribution in [-0.2, 0) is 4.79 Å². The molecule has 104 valence electrons. The van der Waals surface area contributed by atoms with Crippen molar-refractivity contribution in [3.05, 3.63) is 29.6 Å². The molecule has 1 aromatic rings. The Labute approximate surface area is 111 Å². The van der Waals surface area contributed by atoms with Gasteiger partial charge < -0.3 is 10.1 Å². The van der Waals surface area contributed by atoms with E-state index in [1.165, 1.54) is 25.1 Å². The molecule has 0 aromatic heterocycles. The molecule has 0 heterocycles. The summed E-state index contributed by atoms with van der Waals surface area (Å²) in [5.41, 5.74) is 0.581. The number of amides is 3. The molecule has 0 radical (unpaired) electrons. The number of hydrogen-bond donors (Lipinski definition) is 2. The van der Waals surface area contributed by atoms with Crippen LogP contribution in [0.1, 0.15) is 19.4 Å². The Morgan fingerprint density at radius 1 is 1.42 bits per heavy atom. The highest BCUT2D eigenvalue weighted by Crippen LogP contribution is 2.19. The molecule has 0 fully saturated rings. The van der Waals surface area contributed by atoms with Gasteiger partial charge in [0.1, 0.15) is 11.6 Å². The zero-order valence-corrected chi connectivity index (χ0v) is 11.1. The minimum absolute atomic E-state index is 0.371. The van der Waals surface area contributed by atoms with Gasteiger partial charge in [-0.1, -0.05) is 0 Å². The van der Waals surface area contributed by atoms with Crippen molar-refractivity contribution in [3.8, 4) is 5.75 Å². The number of carbonyl (C=O) groups excluding carboxylic acids is 2. The summed E-state index contributed by atoms with van der Waals surface area (Å²) in [6, 6.07) is 3.43. The van der Waals surface area contributed by atoms with Crippen LogP contribution in [0, 0.1) is 12.7 Å². The van der Waals surface area contributed by atoms with Gasteiger partial charge in [-0.15, -0.1) is 0 Å². The molecule has 1 unspecified atom stereocenters. The molecule has 1 atom stereocenters. The van der Waals surface area contributed by atoms with Crippen LogP contribution in [0.5, 0.6) is 5.75 Å². The first-order chi connectivity index (χ1) is 8.93. The van der Waals surface area contributed by atoms with Crippen LogP contribution in [0.15, 0.2) is 18.2 Å². The molecule has 5 nitrogen and oxygen atoms in total. The molecule has 0 bridgehead atoms. The van der Waals surface area contributed by atoms with E-state index in [9.17, 15) is 14.0 Å². The number of nitrogens with one attached hydrogen (secondary N) is 2. The van der Waals surface area contributed by atoms with Crippen LogP contribution in [0.25, 0.3) is 0 Å². The van der Waals surface area contributed by atoms with E-state index >= 15 is 0 Å². The minimum atomic E-state index is -0.855. The van der Waals surface area contributed by atoms with Crippen LogP contribution in [0.3, 0.4) is 0 Å². The van der Waals surface area contributed by atoms with Crippen molar-refractivity contribution in [3.63, 3.8) is 0 Å². The van der Waals surface area contributed by atoms with Crippen LogP contribution >= 0.6 is 0 Å². The standard InChI is InChI=1S/C13H17FN2O3/c1-4-15-13(18)16-12(17)9(3)19-11-6-5-10(14)7-8(11)2/h5-7,9H,4H2,1-3H3,(H2,15,16,17,18). The van der Waals surface area contributed by atoms with Crippen LogP contribution in [-0.4, -0.2) is 24.6 Å². The van der Waals surface area contributed by atoms with E-state index in [4.69, 9.17) is 4.74 Å². The summed E-state index contributed by atoms with van der Waals surface area (Å²) >= 11 is 0. The van der Waals surface area contributed by atoms with Crippen LogP contribution in [0.4, 0.5) is 9.18 Å². The molecular formula is C13H17FN2O3. The first-order valence-electron chi connectivity index (χ1n) is 5.95. The number of imide groups is 1. The lowest BCUT2D eigenvalue weighted by Crippen LogP contribution is -2.45. The summed E-state index contributed by atoms with van der Waals surface area (Å²) < 4.78 is 18.3. The lowest BCUT2D eigenvalue weighted by Gasteiger charge is -2.15. The van der Waals surface area contributed by atoms with Gasteiger partial charge >= 0.3 is 6.03 Å². The van der Waals surface area contributed by atoms with Gasteiger partial charge in [0, 0.05) is 6.54 Å². The number of benzene rings is 1. The zero-order chi connectivity index (χ0) is 14.4. The highest BCUT2D eigenvalue weighted by atomic mass is 19.1. The first-order valence-corrected chi connectivity index (χ1v) is 5.95. The van der Waals surface area contributed by atoms with Crippen molar-refractivity contribution in [2.45, 2.75) is 26.9 Å². The monoisotopic (exact) mass is 268 g/mol. The largest absolute Gasteiger partial charge is 0.481 e. The molecule has 0 saturated heterocycles. The van der Waals surface area contributed by atoms with Gasteiger partial charge in [-0.2, -0.15) is 0 Å². The highest BCUT2D eigenvalue weighted by molar-refractivity contribution is 5.96. The quantitative estimate of drug-likeness (QED) is 0.874. The maximum absolute atomic E-state index is 12.9. The molecule has 0 aliphatic heterocycles. The molecule has 19 heavy (non-hydrogen) atoms. The van der Waals surface area contributed by atoms with Gasteiger partial charge in [0.15, 0.2) is 6.10 Å². The first kappa shape index (κ1) is 14.9. The number of carbonyl (C=O) groups is 2. The van der Waals surface area contributed by atoms with Gasteiger partial charge in [0.2, 0.25) is 0 Å². The Morgan fingerprint density at radius 2 is 2.11 bits per heavy atom. The molecule has 2 N–H and O–H groups in total. The van der Waals surface area contributed by atoms with Crippen molar-refractivity contribution in [2.75, 3.05) is 6.54 Å². The molecular weight excluding hydrogens is 251 g/mol. The van der Waals surface area contributed by atoms with E-state index < -0.39 is 18.0 Å². The second-order valence-electron chi connectivity index (χ2n) is 4.02. The molecule has 6 heteroatoms. The molecule has 1 aromatic carbocycles. The van der Waals surface area contributed by atoms with Crippen molar-refractivity contribution in [1.29, 1.82) is 0 Å². The maximum Gasteiger partial charge on any atom is 0.321 e. The minimum Gasteiger partial charge on any atom is -0.481 e. The lowest BCUT2D eigenvalue weighted by molar-refractivity contribution is -0.126. The van der Waals surface area contributed by atoms with Crippen molar-refractivity contribution >= 4 is 11.9 Å². The summed E-state index contributed by atoms with van der Waals surface area (Å²) in [6.07, 6.45) is -0.855. The molecule has 0 aliphatic rings. The van der Waals surface area contributed by atoms with Crippen molar-refractivity contribution in [1.82, 2.24) is 10.6 Å². The fourth-order valence-electron chi connectivity index (χ4n) is 1.41. The number of hydrogen-bond acceptors (Lipinski definition) is 3. The van der Waals surface area contributed by atoms with Crippen molar-refractivity contribution in [2.24, 2.45) is 0 Å². The lowest BCUT2D eigenvalue weighted by atomic mass is 10.2. The van der Waals surface area contributed by atoms with Gasteiger partial charge in [0.25, 0.3) is 5.91 Å². The maximum atomic E-state index is 12.9. The third-order valence-corrected chi connectivity index (χ3v) is 2.38. The van der Waals surface area contributed by atoms with Crippen molar-refractivity contribution < 1.29 is 18.7 Å². The Bertz CT molecular complexity index is 477. The normalized spacial score (nSPS) is 11.6. The van der Waals surface area contributed by atoms with Crippen LogP contribution in [0.2, 0.25) is 0 Å². The highest BCUT2D eigenvalue weighted by Gasteiger charge is 2.17. The third kappa shape index (κ3) is 4.57. The third-order valence-electron chi connectivity index (χ3n) is 2.38. The Morgan fingerprint density at radius 3 is 2.68 bits per heavy atom. The Balaban J connectivity index is 2.61. The average molecular weight is 268 g/mol. The van der Waals surface area contributed by atoms with Gasteiger partial charge in [0.05, 0.1) is 0 Å². The van der Waals surface area contributed by atoms with E-state index in [-0.39, 0.29) is 5.82 Å². The van der Waals surface area contributed by atoms with Gasteiger partial charge in [-0.05, 0) is 44.5 Å². The smallest absolute Gasteiger partial charge is 0.321 e. The summed E-state index contributed by atoms with van der Waals surface area (Å²) in [7, 11) is 0. The summed E-state index contributed by atoms with van der Waals surface area (Å²) in [5, 5.41) is 4.58. The van der Waals surface area contributed by atoms with E-state index in [0.717, 1.165) is 0 Å². The van der Waals surface area contributed by atoms with Gasteiger partial charge in [-0.25, -0.2) is 9.18 Å². The zero-order valence-electron chi connectivity index (χ0n) is 11.1. The predicted octanol–water partition coefficient (Wildman–Crippen LogP) is 1.75. The average Bonchev–Trinajstić information content (AvgIpc) is 2.32. The van der Waals surface area contributed by atoms with Crippen LogP contribution < -0.4 is 15.4 Å². The number of urea groups is 1. The molecule has 0 saturated carbocycles. The van der Waals surface area contributed by atoms with E-state index in [0.29, 0.717) is 17.9 Å². The summed E-state index contributed by atoms with van der Waals surface area (Å²) in [4.78, 5) is 22.8.